The summed E-state index contributed by atoms with van der Waals surface area (Å²) < 4.78 is 13.7. The highest BCUT2D eigenvalue weighted by molar-refractivity contribution is 6.31. The zero-order valence-electron chi connectivity index (χ0n) is 10.9. The third kappa shape index (κ3) is 2.73. The van der Waals surface area contributed by atoms with Crippen molar-refractivity contribution < 1.29 is 4.39 Å². The van der Waals surface area contributed by atoms with Gasteiger partial charge < -0.3 is 10.3 Å². The van der Waals surface area contributed by atoms with Crippen LogP contribution in [-0.2, 0) is 6.54 Å². The van der Waals surface area contributed by atoms with E-state index in [9.17, 15) is 9.18 Å². The highest BCUT2D eigenvalue weighted by Gasteiger charge is 2.07. The Morgan fingerprint density at radius 1 is 1.19 bits per heavy atom. The number of nitrogens with one attached hydrogen (secondary N) is 2. The summed E-state index contributed by atoms with van der Waals surface area (Å²) in [5.74, 6) is -0.0969. The summed E-state index contributed by atoms with van der Waals surface area (Å²) in [4.78, 5) is 18.9. The van der Waals surface area contributed by atoms with Crippen molar-refractivity contribution >= 4 is 28.2 Å². The van der Waals surface area contributed by atoms with E-state index in [4.69, 9.17) is 11.6 Å². The van der Waals surface area contributed by atoms with Crippen LogP contribution < -0.4 is 10.9 Å². The molecular formula is C15H11ClFN3O. The highest BCUT2D eigenvalue weighted by Crippen LogP contribution is 2.22. The molecule has 3 rings (SSSR count). The molecule has 6 heteroatoms. The van der Waals surface area contributed by atoms with E-state index in [0.717, 1.165) is 0 Å². The molecule has 2 N–H and O–H groups in total. The van der Waals surface area contributed by atoms with Crippen LogP contribution in [0.1, 0.15) is 5.82 Å². The SMILES string of the molecule is O=c1[nH]c(CNc2cccc(Cl)c2F)nc2ccccc12. The van der Waals surface area contributed by atoms with E-state index < -0.39 is 5.82 Å². The van der Waals surface area contributed by atoms with Crippen LogP contribution >= 0.6 is 11.6 Å². The Hall–Kier alpha value is -2.40. The number of H-pyrrole nitrogens is 1. The first-order valence-corrected chi connectivity index (χ1v) is 6.69. The number of aromatic nitrogens is 2. The molecule has 4 nitrogen and oxygen atoms in total. The molecule has 0 radical (unpaired) electrons. The fourth-order valence-electron chi connectivity index (χ4n) is 2.04. The van der Waals surface area contributed by atoms with E-state index in [1.165, 1.54) is 6.07 Å². The van der Waals surface area contributed by atoms with Gasteiger partial charge >= 0.3 is 0 Å². The third-order valence-corrected chi connectivity index (χ3v) is 3.35. The van der Waals surface area contributed by atoms with Crippen LogP contribution in [0, 0.1) is 5.82 Å². The summed E-state index contributed by atoms with van der Waals surface area (Å²) in [6, 6.07) is 11.7. The van der Waals surface area contributed by atoms with Crippen molar-refractivity contribution in [1.82, 2.24) is 9.97 Å². The van der Waals surface area contributed by atoms with Crippen molar-refractivity contribution in [1.29, 1.82) is 0 Å². The van der Waals surface area contributed by atoms with Gasteiger partial charge in [0.2, 0.25) is 0 Å². The molecule has 21 heavy (non-hydrogen) atoms. The number of fused-ring (bicyclic) bond motifs is 1. The van der Waals surface area contributed by atoms with Crippen LogP contribution in [0.15, 0.2) is 47.3 Å². The molecule has 2 aromatic carbocycles. The molecular weight excluding hydrogens is 293 g/mol. The largest absolute Gasteiger partial charge is 0.375 e. The second-order valence-electron chi connectivity index (χ2n) is 4.48. The number of hydrogen-bond donors (Lipinski definition) is 2. The van der Waals surface area contributed by atoms with Gasteiger partial charge in [0.25, 0.3) is 5.56 Å². The average molecular weight is 304 g/mol. The molecule has 1 heterocycles. The molecule has 0 aliphatic heterocycles. The fraction of sp³-hybridized carbons (Fsp3) is 0.0667. The predicted molar refractivity (Wildman–Crippen MR) is 81.1 cm³/mol. The molecule has 0 fully saturated rings. The van der Waals surface area contributed by atoms with E-state index in [-0.39, 0.29) is 22.8 Å². The number of nitrogens with zero attached hydrogens (tertiary/aromatic N) is 1. The molecule has 0 atom stereocenters. The Balaban J connectivity index is 1.89. The first-order valence-electron chi connectivity index (χ1n) is 6.31. The van der Waals surface area contributed by atoms with Gasteiger partial charge in [-0.3, -0.25) is 4.79 Å². The fourth-order valence-corrected chi connectivity index (χ4v) is 2.21. The normalized spacial score (nSPS) is 10.8. The summed E-state index contributed by atoms with van der Waals surface area (Å²) in [6.45, 7) is 0.192. The Kier molecular flexibility index (Phi) is 3.58. The van der Waals surface area contributed by atoms with Gasteiger partial charge in [-0.05, 0) is 24.3 Å². The minimum Gasteiger partial charge on any atom is -0.375 e. The second kappa shape index (κ2) is 5.54. The molecule has 0 aliphatic rings. The number of anilines is 1. The van der Waals surface area contributed by atoms with Crippen LogP contribution in [0.4, 0.5) is 10.1 Å². The Bertz CT molecular complexity index is 863. The lowest BCUT2D eigenvalue weighted by atomic mass is 10.2. The van der Waals surface area contributed by atoms with Crippen LogP contribution in [-0.4, -0.2) is 9.97 Å². The van der Waals surface area contributed by atoms with Crippen LogP contribution in [0.25, 0.3) is 10.9 Å². The van der Waals surface area contributed by atoms with E-state index in [1.807, 2.05) is 6.07 Å². The molecule has 0 saturated carbocycles. The Morgan fingerprint density at radius 3 is 2.86 bits per heavy atom. The number of para-hydroxylation sites is 1. The summed E-state index contributed by atoms with van der Waals surface area (Å²) in [6.07, 6.45) is 0. The molecule has 106 valence electrons. The van der Waals surface area contributed by atoms with E-state index in [1.54, 1.807) is 30.3 Å². The van der Waals surface area contributed by atoms with Crippen molar-refractivity contribution in [3.63, 3.8) is 0 Å². The van der Waals surface area contributed by atoms with Crippen LogP contribution in [0.2, 0.25) is 5.02 Å². The molecule has 0 saturated heterocycles. The maximum atomic E-state index is 13.7. The topological polar surface area (TPSA) is 57.8 Å². The predicted octanol–water partition coefficient (Wildman–Crippen LogP) is 3.33. The molecule has 0 unspecified atom stereocenters. The minimum absolute atomic E-state index is 0.0416. The zero-order valence-corrected chi connectivity index (χ0v) is 11.6. The third-order valence-electron chi connectivity index (χ3n) is 3.06. The minimum atomic E-state index is -0.526. The van der Waals surface area contributed by atoms with Gasteiger partial charge in [-0.15, -0.1) is 0 Å². The molecule has 0 amide bonds. The zero-order chi connectivity index (χ0) is 14.8. The quantitative estimate of drug-likeness (QED) is 0.780. The highest BCUT2D eigenvalue weighted by atomic mass is 35.5. The van der Waals surface area contributed by atoms with Gasteiger partial charge in [-0.2, -0.15) is 0 Å². The van der Waals surface area contributed by atoms with Crippen LogP contribution in [0.3, 0.4) is 0 Å². The summed E-state index contributed by atoms with van der Waals surface area (Å²) in [5.41, 5.74) is 0.645. The van der Waals surface area contributed by atoms with Crippen molar-refractivity contribution in [2.24, 2.45) is 0 Å². The molecule has 0 aliphatic carbocycles. The van der Waals surface area contributed by atoms with Crippen molar-refractivity contribution in [2.45, 2.75) is 6.54 Å². The van der Waals surface area contributed by atoms with Gasteiger partial charge in [0.1, 0.15) is 5.82 Å². The number of aromatic amines is 1. The van der Waals surface area contributed by atoms with Crippen molar-refractivity contribution in [2.75, 3.05) is 5.32 Å². The molecule has 0 spiro atoms. The van der Waals surface area contributed by atoms with Crippen LogP contribution in [0.5, 0.6) is 0 Å². The molecule has 3 aromatic rings. The first-order chi connectivity index (χ1) is 10.1. The van der Waals surface area contributed by atoms with Crippen molar-refractivity contribution in [3.05, 3.63) is 69.5 Å². The molecule has 1 aromatic heterocycles. The standard InChI is InChI=1S/C15H11ClFN3O/c16-10-5-3-7-12(14(10)17)18-8-13-19-11-6-2-1-4-9(11)15(21)20-13/h1-7,18H,8H2,(H,19,20,21). The number of benzene rings is 2. The van der Waals surface area contributed by atoms with Gasteiger partial charge in [0.15, 0.2) is 5.82 Å². The first kappa shape index (κ1) is 13.6. The Labute approximate surface area is 124 Å². The number of halogens is 2. The maximum absolute atomic E-state index is 13.7. The van der Waals surface area contributed by atoms with E-state index >= 15 is 0 Å². The van der Waals surface area contributed by atoms with E-state index in [0.29, 0.717) is 16.7 Å². The van der Waals surface area contributed by atoms with Gasteiger partial charge in [-0.25, -0.2) is 9.37 Å². The second-order valence-corrected chi connectivity index (χ2v) is 4.89. The van der Waals surface area contributed by atoms with Crippen molar-refractivity contribution in [3.8, 4) is 0 Å². The van der Waals surface area contributed by atoms with Gasteiger partial charge in [0, 0.05) is 0 Å². The number of hydrogen-bond acceptors (Lipinski definition) is 3. The summed E-state index contributed by atoms with van der Waals surface area (Å²) in [5, 5.41) is 3.43. The van der Waals surface area contributed by atoms with Gasteiger partial charge in [0.05, 0.1) is 28.2 Å². The molecule has 0 bridgehead atoms. The Morgan fingerprint density at radius 2 is 2.00 bits per heavy atom. The number of rotatable bonds is 3. The summed E-state index contributed by atoms with van der Waals surface area (Å²) in [7, 11) is 0. The average Bonchev–Trinajstić information content (AvgIpc) is 2.49. The lowest BCUT2D eigenvalue weighted by Crippen LogP contribution is -2.14. The lowest BCUT2D eigenvalue weighted by Gasteiger charge is -2.08. The summed E-state index contributed by atoms with van der Waals surface area (Å²) >= 11 is 5.71. The van der Waals surface area contributed by atoms with E-state index in [2.05, 4.69) is 15.3 Å². The maximum Gasteiger partial charge on any atom is 0.258 e. The van der Waals surface area contributed by atoms with Gasteiger partial charge in [-0.1, -0.05) is 29.8 Å². The smallest absolute Gasteiger partial charge is 0.258 e. The lowest BCUT2D eigenvalue weighted by molar-refractivity contribution is 0.630. The monoisotopic (exact) mass is 303 g/mol.